The van der Waals surface area contributed by atoms with E-state index < -0.39 is 23.5 Å². The van der Waals surface area contributed by atoms with Gasteiger partial charge in [0.2, 0.25) is 0 Å². The van der Waals surface area contributed by atoms with Gasteiger partial charge in [-0.05, 0) is 12.0 Å². The molecule has 0 aromatic heterocycles. The zero-order valence-corrected chi connectivity index (χ0v) is 9.83. The first-order chi connectivity index (χ1) is 8.36. The molecule has 0 heterocycles. The fourth-order valence-corrected chi connectivity index (χ4v) is 2.30. The Morgan fingerprint density at radius 3 is 2.44 bits per heavy atom. The van der Waals surface area contributed by atoms with Crippen molar-refractivity contribution in [2.75, 3.05) is 6.61 Å². The third-order valence-electron chi connectivity index (χ3n) is 3.35. The standard InChI is InChI=1S/C13H13F3O2/c1-9(17)18-8-12(7-11(12)13(14,15)16)10-5-3-2-4-6-10/h2-6,11H,7-8H2,1H3/t11-,12-/m1/s1. The number of benzene rings is 1. The number of hydrogen-bond acceptors (Lipinski definition) is 2. The lowest BCUT2D eigenvalue weighted by molar-refractivity contribution is -0.158. The molecule has 2 rings (SSSR count). The van der Waals surface area contributed by atoms with Gasteiger partial charge in [0.1, 0.15) is 6.61 Å². The maximum Gasteiger partial charge on any atom is 0.392 e. The fraction of sp³-hybridized carbons (Fsp3) is 0.462. The van der Waals surface area contributed by atoms with Gasteiger partial charge in [-0.15, -0.1) is 0 Å². The van der Waals surface area contributed by atoms with Crippen molar-refractivity contribution >= 4 is 5.97 Å². The Hall–Kier alpha value is -1.52. The Labute approximate surface area is 103 Å². The minimum absolute atomic E-state index is 0.0200. The maximum absolute atomic E-state index is 12.8. The molecular weight excluding hydrogens is 245 g/mol. The average molecular weight is 258 g/mol. The molecule has 2 nitrogen and oxygen atoms in total. The lowest BCUT2D eigenvalue weighted by Crippen LogP contribution is -2.26. The van der Waals surface area contributed by atoms with Gasteiger partial charge in [0.05, 0.1) is 5.92 Å². The Kier molecular flexibility index (Phi) is 3.09. The Morgan fingerprint density at radius 2 is 2.00 bits per heavy atom. The normalized spacial score (nSPS) is 26.8. The molecule has 1 aromatic rings. The van der Waals surface area contributed by atoms with Crippen molar-refractivity contribution in [3.8, 4) is 0 Å². The molecule has 1 fully saturated rings. The molecule has 98 valence electrons. The van der Waals surface area contributed by atoms with Gasteiger partial charge in [-0.1, -0.05) is 30.3 Å². The highest BCUT2D eigenvalue weighted by atomic mass is 19.4. The van der Waals surface area contributed by atoms with Gasteiger partial charge >= 0.3 is 12.1 Å². The number of ether oxygens (including phenoxy) is 1. The number of carbonyl (C=O) groups excluding carboxylic acids is 1. The van der Waals surface area contributed by atoms with Crippen LogP contribution in [0.5, 0.6) is 0 Å². The summed E-state index contributed by atoms with van der Waals surface area (Å²) in [6, 6.07) is 8.42. The van der Waals surface area contributed by atoms with E-state index in [2.05, 4.69) is 0 Å². The van der Waals surface area contributed by atoms with Gasteiger partial charge in [0.25, 0.3) is 0 Å². The monoisotopic (exact) mass is 258 g/mol. The van der Waals surface area contributed by atoms with Gasteiger partial charge in [0, 0.05) is 12.3 Å². The molecule has 0 bridgehead atoms. The van der Waals surface area contributed by atoms with Crippen LogP contribution >= 0.6 is 0 Å². The average Bonchev–Trinajstić information content (AvgIpc) is 3.04. The van der Waals surface area contributed by atoms with Crippen molar-refractivity contribution < 1.29 is 22.7 Å². The number of esters is 1. The summed E-state index contributed by atoms with van der Waals surface area (Å²) in [6.45, 7) is 0.986. The van der Waals surface area contributed by atoms with Gasteiger partial charge < -0.3 is 4.74 Å². The van der Waals surface area contributed by atoms with Crippen LogP contribution in [0.3, 0.4) is 0 Å². The molecule has 0 spiro atoms. The minimum Gasteiger partial charge on any atom is -0.465 e. The van der Waals surface area contributed by atoms with E-state index in [0.29, 0.717) is 5.56 Å². The zero-order chi connectivity index (χ0) is 13.4. The van der Waals surface area contributed by atoms with Crippen LogP contribution in [0.2, 0.25) is 0 Å². The third-order valence-corrected chi connectivity index (χ3v) is 3.35. The van der Waals surface area contributed by atoms with Crippen LogP contribution in [0, 0.1) is 5.92 Å². The lowest BCUT2D eigenvalue weighted by atomic mass is 9.94. The Bertz CT molecular complexity index is 441. The van der Waals surface area contributed by atoms with Crippen LogP contribution in [0.4, 0.5) is 13.2 Å². The highest BCUT2D eigenvalue weighted by molar-refractivity contribution is 5.66. The Balaban J connectivity index is 2.24. The second-order valence-corrected chi connectivity index (χ2v) is 4.60. The third kappa shape index (κ3) is 2.35. The van der Waals surface area contributed by atoms with Crippen LogP contribution in [0.25, 0.3) is 0 Å². The number of alkyl halides is 3. The molecule has 1 aliphatic rings. The van der Waals surface area contributed by atoms with Crippen LogP contribution in [-0.2, 0) is 14.9 Å². The van der Waals surface area contributed by atoms with Crippen LogP contribution in [0.15, 0.2) is 30.3 Å². The number of rotatable bonds is 3. The molecule has 0 amide bonds. The highest BCUT2D eigenvalue weighted by Crippen LogP contribution is 2.61. The molecular formula is C13H13F3O2. The van der Waals surface area contributed by atoms with Crippen molar-refractivity contribution in [3.05, 3.63) is 35.9 Å². The molecule has 0 saturated heterocycles. The van der Waals surface area contributed by atoms with E-state index in [4.69, 9.17) is 4.74 Å². The molecule has 18 heavy (non-hydrogen) atoms. The van der Waals surface area contributed by atoms with Gasteiger partial charge in [-0.2, -0.15) is 13.2 Å². The van der Waals surface area contributed by atoms with E-state index in [1.165, 1.54) is 6.92 Å². The van der Waals surface area contributed by atoms with Gasteiger partial charge in [-0.25, -0.2) is 0 Å². The van der Waals surface area contributed by atoms with E-state index in [0.717, 1.165) is 0 Å². The lowest BCUT2D eigenvalue weighted by Gasteiger charge is -2.19. The quantitative estimate of drug-likeness (QED) is 0.779. The summed E-state index contributed by atoms with van der Waals surface area (Å²) in [4.78, 5) is 10.8. The first kappa shape index (κ1) is 12.9. The number of carbonyl (C=O) groups is 1. The summed E-state index contributed by atoms with van der Waals surface area (Å²) in [7, 11) is 0. The summed E-state index contributed by atoms with van der Waals surface area (Å²) >= 11 is 0. The van der Waals surface area contributed by atoms with E-state index >= 15 is 0 Å². The molecule has 0 unspecified atom stereocenters. The van der Waals surface area contributed by atoms with Crippen molar-refractivity contribution in [2.45, 2.75) is 24.9 Å². The van der Waals surface area contributed by atoms with E-state index in [1.807, 2.05) is 0 Å². The first-order valence-corrected chi connectivity index (χ1v) is 5.62. The van der Waals surface area contributed by atoms with Crippen molar-refractivity contribution in [3.63, 3.8) is 0 Å². The second-order valence-electron chi connectivity index (χ2n) is 4.60. The first-order valence-electron chi connectivity index (χ1n) is 5.62. The smallest absolute Gasteiger partial charge is 0.392 e. The minimum atomic E-state index is -4.25. The number of halogens is 3. The SMILES string of the molecule is CC(=O)OC[C@@]1(c2ccccc2)C[C@H]1C(F)(F)F. The molecule has 1 saturated carbocycles. The summed E-state index contributed by atoms with van der Waals surface area (Å²) in [5, 5.41) is 0. The van der Waals surface area contributed by atoms with E-state index in [-0.39, 0.29) is 13.0 Å². The van der Waals surface area contributed by atoms with Crippen LogP contribution in [-0.4, -0.2) is 18.8 Å². The van der Waals surface area contributed by atoms with Crippen LogP contribution < -0.4 is 0 Å². The van der Waals surface area contributed by atoms with Crippen LogP contribution in [0.1, 0.15) is 18.9 Å². The predicted octanol–water partition coefficient (Wildman–Crippen LogP) is 3.07. The van der Waals surface area contributed by atoms with E-state index in [9.17, 15) is 18.0 Å². The largest absolute Gasteiger partial charge is 0.465 e. The molecule has 5 heteroatoms. The molecule has 1 aromatic carbocycles. The molecule has 2 atom stereocenters. The summed E-state index contributed by atoms with van der Waals surface area (Å²) in [6.07, 6.45) is -4.27. The molecule has 0 aliphatic heterocycles. The topological polar surface area (TPSA) is 26.3 Å². The van der Waals surface area contributed by atoms with Crippen molar-refractivity contribution in [1.29, 1.82) is 0 Å². The highest BCUT2D eigenvalue weighted by Gasteiger charge is 2.67. The van der Waals surface area contributed by atoms with Gasteiger partial charge in [-0.3, -0.25) is 4.79 Å². The van der Waals surface area contributed by atoms with Crippen molar-refractivity contribution in [1.82, 2.24) is 0 Å². The van der Waals surface area contributed by atoms with E-state index in [1.54, 1.807) is 30.3 Å². The second kappa shape index (κ2) is 4.30. The molecule has 0 N–H and O–H groups in total. The summed E-state index contributed by atoms with van der Waals surface area (Å²) in [5.41, 5.74) is -0.515. The summed E-state index contributed by atoms with van der Waals surface area (Å²) in [5.74, 6) is -1.98. The molecule has 1 aliphatic carbocycles. The van der Waals surface area contributed by atoms with Gasteiger partial charge in [0.15, 0.2) is 0 Å². The number of hydrogen-bond donors (Lipinski definition) is 0. The maximum atomic E-state index is 12.8. The predicted molar refractivity (Wildman–Crippen MR) is 58.9 cm³/mol. The molecule has 0 radical (unpaired) electrons. The van der Waals surface area contributed by atoms with Crippen molar-refractivity contribution in [2.24, 2.45) is 5.92 Å². The zero-order valence-electron chi connectivity index (χ0n) is 9.83. The Morgan fingerprint density at radius 1 is 1.39 bits per heavy atom. The fourth-order valence-electron chi connectivity index (χ4n) is 2.30. The summed E-state index contributed by atoms with van der Waals surface area (Å²) < 4.78 is 43.2.